The van der Waals surface area contributed by atoms with Crippen molar-refractivity contribution < 1.29 is 9.76 Å². The van der Waals surface area contributed by atoms with Crippen LogP contribution in [0.5, 0.6) is 0 Å². The van der Waals surface area contributed by atoms with E-state index in [0.29, 0.717) is 7.62 Å². The van der Waals surface area contributed by atoms with E-state index in [9.17, 15) is 0 Å². The van der Waals surface area contributed by atoms with Gasteiger partial charge in [-0.25, -0.2) is 0 Å². The molecular formula is C6H13BClNO2. The van der Waals surface area contributed by atoms with Gasteiger partial charge in [-0.05, 0) is 13.0 Å². The van der Waals surface area contributed by atoms with Gasteiger partial charge in [-0.15, -0.1) is 11.6 Å². The number of nitrogens with zero attached hydrogens (tertiary/aromatic N) is 1. The van der Waals surface area contributed by atoms with Crippen LogP contribution in [0.2, 0.25) is 0 Å². The predicted molar refractivity (Wildman–Crippen MR) is 46.0 cm³/mol. The topological polar surface area (TPSA) is 32.7 Å². The number of hydrogen-bond donors (Lipinski definition) is 1. The summed E-state index contributed by atoms with van der Waals surface area (Å²) in [5.41, 5.74) is 0. The van der Waals surface area contributed by atoms with Crippen LogP contribution in [-0.4, -0.2) is 49.2 Å². The third kappa shape index (κ3) is 2.09. The van der Waals surface area contributed by atoms with Crippen LogP contribution in [0.3, 0.4) is 0 Å². The van der Waals surface area contributed by atoms with Gasteiger partial charge >= 0.3 is 7.62 Å². The van der Waals surface area contributed by atoms with Gasteiger partial charge in [0.15, 0.2) is 0 Å². The van der Waals surface area contributed by atoms with Crippen molar-refractivity contribution in [1.29, 1.82) is 0 Å². The number of halogens is 1. The molecule has 0 amide bonds. The van der Waals surface area contributed by atoms with E-state index < -0.39 is 0 Å². The summed E-state index contributed by atoms with van der Waals surface area (Å²) in [5, 5.41) is 9.03. The Bertz CT molecular complexity index is 125. The quantitative estimate of drug-likeness (QED) is 0.469. The summed E-state index contributed by atoms with van der Waals surface area (Å²) in [5.74, 6) is 0. The molecule has 1 aliphatic rings. The summed E-state index contributed by atoms with van der Waals surface area (Å²) in [7, 11) is 2.21. The minimum Gasteiger partial charge on any atom is -0.427 e. The molecule has 0 spiro atoms. The zero-order valence-corrected chi connectivity index (χ0v) is 7.42. The average Bonchev–Trinajstić information content (AvgIpc) is 2.33. The van der Waals surface area contributed by atoms with Gasteiger partial charge in [0.1, 0.15) is 0 Å². The number of rotatable bonds is 3. The first kappa shape index (κ1) is 9.32. The van der Waals surface area contributed by atoms with Gasteiger partial charge in [-0.2, -0.15) is 0 Å². The Hall–Kier alpha value is 0.235. The molecule has 3 nitrogen and oxygen atoms in total. The molecule has 1 unspecified atom stereocenters. The van der Waals surface area contributed by atoms with E-state index >= 15 is 0 Å². The van der Waals surface area contributed by atoms with E-state index in [0.717, 1.165) is 13.0 Å². The fraction of sp³-hybridized carbons (Fsp3) is 1.00. The number of hydrogen-bond acceptors (Lipinski definition) is 3. The Labute approximate surface area is 72.6 Å². The average molecular weight is 177 g/mol. The molecule has 0 aromatic rings. The third-order valence-electron chi connectivity index (χ3n) is 2.06. The second-order valence-corrected chi connectivity index (χ2v) is 3.35. The highest BCUT2D eigenvalue weighted by atomic mass is 35.5. The zero-order chi connectivity index (χ0) is 8.27. The van der Waals surface area contributed by atoms with E-state index in [1.54, 1.807) is 7.11 Å². The Kier molecular flexibility index (Phi) is 3.65. The molecule has 2 atom stereocenters. The van der Waals surface area contributed by atoms with E-state index in [1.165, 1.54) is 0 Å². The summed E-state index contributed by atoms with van der Waals surface area (Å²) in [6.45, 7) is 1.05. The van der Waals surface area contributed by atoms with Crippen LogP contribution < -0.4 is 0 Å². The number of aliphatic hydroxyl groups excluding tert-OH is 1. The molecule has 0 bridgehead atoms. The van der Waals surface area contributed by atoms with E-state index in [1.807, 2.05) is 0 Å². The lowest BCUT2D eigenvalue weighted by molar-refractivity contribution is 0.203. The van der Waals surface area contributed by atoms with Gasteiger partial charge in [0.25, 0.3) is 0 Å². The Morgan fingerprint density at radius 1 is 1.82 bits per heavy atom. The first-order valence-corrected chi connectivity index (χ1v) is 4.21. The van der Waals surface area contributed by atoms with Gasteiger partial charge in [0.2, 0.25) is 0 Å². The monoisotopic (exact) mass is 177 g/mol. The molecule has 5 heteroatoms. The fourth-order valence-electron chi connectivity index (χ4n) is 1.43. The summed E-state index contributed by atoms with van der Waals surface area (Å²) in [6.07, 6.45) is 0.941. The summed E-state index contributed by atoms with van der Waals surface area (Å²) < 4.78 is 4.96. The standard InChI is InChI=1S/C6H13BClNO2/c1-11-7-9-3-2-5(8)6(9)4-10/h5-7,10H,2-4H2,1H3/t5?,6-/m0/s1. The molecule has 1 fully saturated rings. The molecule has 0 aromatic carbocycles. The molecule has 1 aliphatic heterocycles. The highest BCUT2D eigenvalue weighted by molar-refractivity contribution is 6.25. The minimum absolute atomic E-state index is 0.0788. The molecule has 0 aromatic heterocycles. The maximum atomic E-state index is 8.95. The van der Waals surface area contributed by atoms with Crippen molar-refractivity contribution in [2.75, 3.05) is 20.3 Å². The van der Waals surface area contributed by atoms with Crippen molar-refractivity contribution in [2.24, 2.45) is 0 Å². The van der Waals surface area contributed by atoms with E-state index in [4.69, 9.17) is 21.4 Å². The second kappa shape index (κ2) is 4.31. The fourth-order valence-corrected chi connectivity index (χ4v) is 1.77. The highest BCUT2D eigenvalue weighted by Gasteiger charge is 2.32. The molecule has 1 saturated heterocycles. The van der Waals surface area contributed by atoms with Crippen LogP contribution in [0.1, 0.15) is 6.42 Å². The molecule has 1 heterocycles. The van der Waals surface area contributed by atoms with Crippen LogP contribution >= 0.6 is 11.6 Å². The highest BCUT2D eigenvalue weighted by Crippen LogP contribution is 2.21. The third-order valence-corrected chi connectivity index (χ3v) is 2.57. The molecular weight excluding hydrogens is 164 g/mol. The van der Waals surface area contributed by atoms with Crippen LogP contribution in [-0.2, 0) is 4.65 Å². The van der Waals surface area contributed by atoms with Crippen molar-refractivity contribution >= 4 is 19.2 Å². The van der Waals surface area contributed by atoms with Gasteiger partial charge in [0.05, 0.1) is 12.0 Å². The second-order valence-electron chi connectivity index (χ2n) is 2.78. The molecule has 0 aliphatic carbocycles. The van der Waals surface area contributed by atoms with Crippen molar-refractivity contribution in [2.45, 2.75) is 17.8 Å². The van der Waals surface area contributed by atoms with Crippen LogP contribution in [0.15, 0.2) is 0 Å². The molecule has 64 valence electrons. The maximum absolute atomic E-state index is 8.95. The first-order valence-electron chi connectivity index (χ1n) is 3.77. The van der Waals surface area contributed by atoms with Crippen LogP contribution in [0.4, 0.5) is 0 Å². The predicted octanol–water partition coefficient (Wildman–Crippen LogP) is -0.427. The van der Waals surface area contributed by atoms with E-state index in [-0.39, 0.29) is 18.0 Å². The van der Waals surface area contributed by atoms with Gasteiger partial charge in [-0.1, -0.05) is 0 Å². The number of alkyl halides is 1. The lowest BCUT2D eigenvalue weighted by atomic mass is 10.1. The molecule has 1 N–H and O–H groups in total. The summed E-state index contributed by atoms with van der Waals surface area (Å²) in [6, 6.07) is 0.0802. The van der Waals surface area contributed by atoms with E-state index in [2.05, 4.69) is 4.81 Å². The van der Waals surface area contributed by atoms with Gasteiger partial charge in [-0.3, -0.25) is 0 Å². The van der Waals surface area contributed by atoms with Crippen molar-refractivity contribution in [3.05, 3.63) is 0 Å². The van der Waals surface area contributed by atoms with Gasteiger partial charge in [0, 0.05) is 13.2 Å². The lowest BCUT2D eigenvalue weighted by Crippen LogP contribution is -2.39. The van der Waals surface area contributed by atoms with Crippen molar-refractivity contribution in [3.8, 4) is 0 Å². The SMILES string of the molecule is COBN1CCC(Cl)[C@@H]1CO. The Morgan fingerprint density at radius 2 is 2.55 bits per heavy atom. The smallest absolute Gasteiger partial charge is 0.363 e. The molecule has 0 saturated carbocycles. The lowest BCUT2D eigenvalue weighted by Gasteiger charge is -2.21. The first-order chi connectivity index (χ1) is 5.29. The molecule has 0 radical (unpaired) electrons. The minimum atomic E-state index is 0.0788. The van der Waals surface area contributed by atoms with Gasteiger partial charge < -0.3 is 14.6 Å². The summed E-state index contributed by atoms with van der Waals surface area (Å²) in [4.78, 5) is 2.05. The number of aliphatic hydroxyl groups is 1. The Morgan fingerprint density at radius 3 is 3.09 bits per heavy atom. The zero-order valence-electron chi connectivity index (χ0n) is 6.66. The van der Waals surface area contributed by atoms with Crippen molar-refractivity contribution in [3.63, 3.8) is 0 Å². The molecule has 11 heavy (non-hydrogen) atoms. The summed E-state index contributed by atoms with van der Waals surface area (Å²) >= 11 is 5.95. The largest absolute Gasteiger partial charge is 0.427 e. The normalized spacial score (nSPS) is 32.6. The Balaban J connectivity index is 2.40. The van der Waals surface area contributed by atoms with Crippen molar-refractivity contribution in [1.82, 2.24) is 4.81 Å². The maximum Gasteiger partial charge on any atom is 0.363 e. The van der Waals surface area contributed by atoms with Crippen LogP contribution in [0, 0.1) is 0 Å². The molecule has 1 rings (SSSR count). The van der Waals surface area contributed by atoms with Crippen LogP contribution in [0.25, 0.3) is 0 Å².